The fraction of sp³-hybridized carbons (Fsp3) is 0.167. The Kier molecular flexibility index (Phi) is 5.31. The number of aryl methyl sites for hydroxylation is 1. The number of rotatable bonds is 3. The van der Waals surface area contributed by atoms with Gasteiger partial charge in [0.05, 0.1) is 12.7 Å². The lowest BCUT2D eigenvalue weighted by Gasteiger charge is -2.10. The molecule has 0 aliphatic rings. The fourth-order valence-electron chi connectivity index (χ4n) is 2.10. The SMILES string of the molecule is COC(=O)c1cccc(NC(=O)C(=O)Nc2cccc(C)c2C)c1. The molecular weight excluding hydrogens is 308 g/mol. The van der Waals surface area contributed by atoms with E-state index in [-0.39, 0.29) is 5.56 Å². The van der Waals surface area contributed by atoms with E-state index in [4.69, 9.17) is 0 Å². The molecule has 0 aromatic heterocycles. The molecule has 2 rings (SSSR count). The van der Waals surface area contributed by atoms with Crippen LogP contribution in [-0.4, -0.2) is 24.9 Å². The Balaban J connectivity index is 2.08. The summed E-state index contributed by atoms with van der Waals surface area (Å²) in [5.41, 5.74) is 3.10. The smallest absolute Gasteiger partial charge is 0.337 e. The van der Waals surface area contributed by atoms with Crippen LogP contribution in [0, 0.1) is 13.8 Å². The Bertz CT molecular complexity index is 799. The Morgan fingerprint density at radius 3 is 2.29 bits per heavy atom. The standard InChI is InChI=1S/C18H18N2O4/c1-11-6-4-9-15(12(11)2)20-17(22)16(21)19-14-8-5-7-13(10-14)18(23)24-3/h4-10H,1-3H3,(H,19,21)(H,20,22). The third kappa shape index (κ3) is 3.98. The van der Waals surface area contributed by atoms with Crippen LogP contribution in [-0.2, 0) is 14.3 Å². The van der Waals surface area contributed by atoms with Crippen molar-refractivity contribution in [3.63, 3.8) is 0 Å². The normalized spacial score (nSPS) is 9.96. The highest BCUT2D eigenvalue weighted by atomic mass is 16.5. The number of ether oxygens (including phenoxy) is 1. The summed E-state index contributed by atoms with van der Waals surface area (Å²) < 4.78 is 4.62. The number of benzene rings is 2. The lowest BCUT2D eigenvalue weighted by atomic mass is 10.1. The molecule has 0 saturated carbocycles. The molecule has 6 nitrogen and oxygen atoms in total. The van der Waals surface area contributed by atoms with Gasteiger partial charge in [0.25, 0.3) is 0 Å². The fourth-order valence-corrected chi connectivity index (χ4v) is 2.10. The molecule has 2 aromatic carbocycles. The number of nitrogens with one attached hydrogen (secondary N) is 2. The lowest BCUT2D eigenvalue weighted by molar-refractivity contribution is -0.133. The van der Waals surface area contributed by atoms with Gasteiger partial charge in [0.15, 0.2) is 0 Å². The van der Waals surface area contributed by atoms with E-state index in [0.717, 1.165) is 11.1 Å². The van der Waals surface area contributed by atoms with Crippen LogP contribution < -0.4 is 10.6 Å². The molecule has 2 aromatic rings. The monoisotopic (exact) mass is 326 g/mol. The highest BCUT2D eigenvalue weighted by Crippen LogP contribution is 2.18. The largest absolute Gasteiger partial charge is 0.465 e. The van der Waals surface area contributed by atoms with Crippen molar-refractivity contribution < 1.29 is 19.1 Å². The van der Waals surface area contributed by atoms with Gasteiger partial charge in [0, 0.05) is 11.4 Å². The summed E-state index contributed by atoms with van der Waals surface area (Å²) in [5.74, 6) is -2.13. The zero-order valence-electron chi connectivity index (χ0n) is 13.7. The van der Waals surface area contributed by atoms with Crippen LogP contribution in [0.15, 0.2) is 42.5 Å². The van der Waals surface area contributed by atoms with Crippen LogP contribution in [0.4, 0.5) is 11.4 Å². The molecule has 124 valence electrons. The third-order valence-electron chi connectivity index (χ3n) is 3.60. The molecule has 0 spiro atoms. The van der Waals surface area contributed by atoms with Gasteiger partial charge in [-0.25, -0.2) is 4.79 Å². The van der Waals surface area contributed by atoms with Crippen LogP contribution in [0.1, 0.15) is 21.5 Å². The Hall–Kier alpha value is -3.15. The van der Waals surface area contributed by atoms with Crippen molar-refractivity contribution >= 4 is 29.2 Å². The van der Waals surface area contributed by atoms with Crippen molar-refractivity contribution in [1.29, 1.82) is 0 Å². The maximum absolute atomic E-state index is 12.0. The van der Waals surface area contributed by atoms with E-state index < -0.39 is 17.8 Å². The van der Waals surface area contributed by atoms with Crippen LogP contribution >= 0.6 is 0 Å². The Labute approximate surface area is 139 Å². The molecule has 0 atom stereocenters. The number of anilines is 2. The van der Waals surface area contributed by atoms with Crippen molar-refractivity contribution in [2.45, 2.75) is 13.8 Å². The number of esters is 1. The van der Waals surface area contributed by atoms with Crippen LogP contribution in [0.25, 0.3) is 0 Å². The molecule has 0 heterocycles. The predicted molar refractivity (Wildman–Crippen MR) is 91.0 cm³/mol. The molecular formula is C18H18N2O4. The molecule has 0 saturated heterocycles. The van der Waals surface area contributed by atoms with Crippen molar-refractivity contribution in [2.24, 2.45) is 0 Å². The average Bonchev–Trinajstić information content (AvgIpc) is 2.58. The minimum atomic E-state index is -0.821. The second kappa shape index (κ2) is 7.41. The number of hydrogen-bond acceptors (Lipinski definition) is 4. The van der Waals surface area contributed by atoms with Gasteiger partial charge in [-0.05, 0) is 49.2 Å². The van der Waals surface area contributed by atoms with E-state index in [2.05, 4.69) is 15.4 Å². The summed E-state index contributed by atoms with van der Waals surface area (Å²) in [7, 11) is 1.27. The Morgan fingerprint density at radius 1 is 0.917 bits per heavy atom. The van der Waals surface area contributed by atoms with E-state index in [1.165, 1.54) is 13.2 Å². The third-order valence-corrected chi connectivity index (χ3v) is 3.60. The van der Waals surface area contributed by atoms with Crippen molar-refractivity contribution in [1.82, 2.24) is 0 Å². The molecule has 24 heavy (non-hydrogen) atoms. The van der Waals surface area contributed by atoms with Gasteiger partial charge in [0.2, 0.25) is 0 Å². The molecule has 0 bridgehead atoms. The first kappa shape index (κ1) is 17.2. The molecule has 0 unspecified atom stereocenters. The molecule has 2 amide bonds. The van der Waals surface area contributed by atoms with E-state index in [1.807, 2.05) is 19.9 Å². The van der Waals surface area contributed by atoms with Crippen molar-refractivity contribution in [2.75, 3.05) is 17.7 Å². The molecule has 0 aliphatic heterocycles. The summed E-state index contributed by atoms with van der Waals surface area (Å²) in [6, 6.07) is 11.6. The second-order valence-electron chi connectivity index (χ2n) is 5.23. The minimum absolute atomic E-state index is 0.283. The first-order valence-corrected chi connectivity index (χ1v) is 7.29. The van der Waals surface area contributed by atoms with Gasteiger partial charge in [-0.1, -0.05) is 18.2 Å². The first-order valence-electron chi connectivity index (χ1n) is 7.29. The molecule has 2 N–H and O–H groups in total. The van der Waals surface area contributed by atoms with E-state index in [1.54, 1.807) is 30.3 Å². The highest BCUT2D eigenvalue weighted by Gasteiger charge is 2.16. The van der Waals surface area contributed by atoms with Gasteiger partial charge in [-0.2, -0.15) is 0 Å². The number of carbonyl (C=O) groups is 3. The van der Waals surface area contributed by atoms with Gasteiger partial charge < -0.3 is 15.4 Å². The summed E-state index contributed by atoms with van der Waals surface area (Å²) in [6.45, 7) is 3.78. The number of carbonyl (C=O) groups excluding carboxylic acids is 3. The number of methoxy groups -OCH3 is 1. The van der Waals surface area contributed by atoms with Crippen LogP contribution in [0.5, 0.6) is 0 Å². The summed E-state index contributed by atoms with van der Waals surface area (Å²) in [5, 5.41) is 5.03. The van der Waals surface area contributed by atoms with Gasteiger partial charge in [-0.3, -0.25) is 9.59 Å². The molecule has 0 radical (unpaired) electrons. The van der Waals surface area contributed by atoms with Gasteiger partial charge in [0.1, 0.15) is 0 Å². The summed E-state index contributed by atoms with van der Waals surface area (Å²) >= 11 is 0. The van der Waals surface area contributed by atoms with Crippen molar-refractivity contribution in [3.05, 3.63) is 59.2 Å². The summed E-state index contributed by atoms with van der Waals surface area (Å²) in [4.78, 5) is 35.5. The first-order chi connectivity index (χ1) is 11.4. The van der Waals surface area contributed by atoms with Gasteiger partial charge in [-0.15, -0.1) is 0 Å². The van der Waals surface area contributed by atoms with Gasteiger partial charge >= 0.3 is 17.8 Å². The quantitative estimate of drug-likeness (QED) is 0.671. The number of amides is 2. The maximum Gasteiger partial charge on any atom is 0.337 e. The lowest BCUT2D eigenvalue weighted by Crippen LogP contribution is -2.29. The maximum atomic E-state index is 12.0. The zero-order valence-corrected chi connectivity index (χ0v) is 13.7. The van der Waals surface area contributed by atoms with Crippen LogP contribution in [0.2, 0.25) is 0 Å². The van der Waals surface area contributed by atoms with Crippen LogP contribution in [0.3, 0.4) is 0 Å². The predicted octanol–water partition coefficient (Wildman–Crippen LogP) is 2.67. The Morgan fingerprint density at radius 2 is 1.58 bits per heavy atom. The van der Waals surface area contributed by atoms with E-state index in [9.17, 15) is 14.4 Å². The number of hydrogen-bond donors (Lipinski definition) is 2. The zero-order chi connectivity index (χ0) is 17.7. The van der Waals surface area contributed by atoms with Crippen molar-refractivity contribution in [3.8, 4) is 0 Å². The second-order valence-corrected chi connectivity index (χ2v) is 5.23. The molecule has 0 fully saturated rings. The molecule has 6 heteroatoms. The molecule has 0 aliphatic carbocycles. The van der Waals surface area contributed by atoms with E-state index >= 15 is 0 Å². The minimum Gasteiger partial charge on any atom is -0.465 e. The topological polar surface area (TPSA) is 84.5 Å². The summed E-state index contributed by atoms with van der Waals surface area (Å²) in [6.07, 6.45) is 0. The highest BCUT2D eigenvalue weighted by molar-refractivity contribution is 6.43. The average molecular weight is 326 g/mol. The van der Waals surface area contributed by atoms with E-state index in [0.29, 0.717) is 11.4 Å².